The van der Waals surface area contributed by atoms with Gasteiger partial charge in [-0.1, -0.05) is 19.1 Å². The van der Waals surface area contributed by atoms with Gasteiger partial charge in [0.1, 0.15) is 11.6 Å². The molecule has 2 fully saturated rings. The maximum Gasteiger partial charge on any atom is 0.296 e. The van der Waals surface area contributed by atoms with Crippen molar-refractivity contribution in [2.75, 3.05) is 56.2 Å². The molecule has 0 spiro atoms. The van der Waals surface area contributed by atoms with Gasteiger partial charge < -0.3 is 20.1 Å². The number of aliphatic hydroxyl groups excluding tert-OH is 1. The minimum Gasteiger partial charge on any atom is -0.516 e. The molecular weight excluding hydrogens is 528 g/mol. The van der Waals surface area contributed by atoms with Crippen LogP contribution >= 0.6 is 0 Å². The van der Waals surface area contributed by atoms with Gasteiger partial charge in [0.25, 0.3) is 6.43 Å². The smallest absolute Gasteiger partial charge is 0.296 e. The molecule has 11 heteroatoms. The summed E-state index contributed by atoms with van der Waals surface area (Å²) in [5.41, 5.74) is 2.07. The number of nitrogens with zero attached hydrogens (tertiary/aromatic N) is 6. The first-order valence-electron chi connectivity index (χ1n) is 14.7. The first-order chi connectivity index (χ1) is 20.0. The lowest BCUT2D eigenvalue weighted by Gasteiger charge is -2.37. The van der Waals surface area contributed by atoms with E-state index in [-0.39, 0.29) is 5.82 Å². The molecule has 3 heterocycles. The number of nitrogens with one attached hydrogen (secondary N) is 1. The number of fused-ring (bicyclic) bond motifs is 1. The van der Waals surface area contributed by atoms with Crippen LogP contribution in [0.3, 0.4) is 0 Å². The minimum absolute atomic E-state index is 0.329. The Morgan fingerprint density at radius 1 is 1.12 bits per heavy atom. The molecule has 3 aromatic rings. The quantitative estimate of drug-likeness (QED) is 0.283. The second-order valence-electron chi connectivity index (χ2n) is 11.1. The van der Waals surface area contributed by atoms with Gasteiger partial charge in [0.05, 0.1) is 30.5 Å². The molecule has 1 aliphatic carbocycles. The van der Waals surface area contributed by atoms with Crippen molar-refractivity contribution in [3.63, 3.8) is 0 Å². The van der Waals surface area contributed by atoms with E-state index in [1.807, 2.05) is 13.0 Å². The zero-order valence-corrected chi connectivity index (χ0v) is 24.0. The lowest BCUT2D eigenvalue weighted by atomic mass is 9.85. The van der Waals surface area contributed by atoms with Gasteiger partial charge in [-0.25, -0.2) is 13.8 Å². The maximum absolute atomic E-state index is 14.1. The Balaban J connectivity index is 1.35. The van der Waals surface area contributed by atoms with E-state index >= 15 is 0 Å². The Hall–Kier alpha value is -3.31. The Morgan fingerprint density at radius 2 is 1.85 bits per heavy atom. The highest BCUT2D eigenvalue weighted by molar-refractivity contribution is 5.78. The molecule has 0 atom stereocenters. The zero-order chi connectivity index (χ0) is 28.8. The third-order valence-corrected chi connectivity index (χ3v) is 8.11. The topological polar surface area (TPSA) is 91.6 Å². The van der Waals surface area contributed by atoms with Crippen molar-refractivity contribution in [1.29, 1.82) is 0 Å². The summed E-state index contributed by atoms with van der Waals surface area (Å²) in [5, 5.41) is 12.8. The number of morpholine rings is 1. The predicted octanol–water partition coefficient (Wildman–Crippen LogP) is 5.73. The summed E-state index contributed by atoms with van der Waals surface area (Å²) in [5.74, 6) is 1.63. The first-order valence-corrected chi connectivity index (χ1v) is 14.7. The summed E-state index contributed by atoms with van der Waals surface area (Å²) >= 11 is 0. The highest BCUT2D eigenvalue weighted by atomic mass is 19.3. The van der Waals surface area contributed by atoms with Gasteiger partial charge in [-0.15, -0.1) is 0 Å². The molecule has 0 amide bonds. The van der Waals surface area contributed by atoms with E-state index < -0.39 is 6.43 Å². The number of ether oxygens (including phenoxy) is 1. The summed E-state index contributed by atoms with van der Waals surface area (Å²) in [4.78, 5) is 18.3. The van der Waals surface area contributed by atoms with E-state index in [4.69, 9.17) is 14.7 Å². The van der Waals surface area contributed by atoms with Crippen LogP contribution in [-0.2, 0) is 4.74 Å². The number of aromatic nitrogens is 4. The van der Waals surface area contributed by atoms with E-state index in [1.54, 1.807) is 24.3 Å². The van der Waals surface area contributed by atoms with E-state index in [1.165, 1.54) is 10.8 Å². The van der Waals surface area contributed by atoms with Crippen LogP contribution in [0.2, 0.25) is 0 Å². The second-order valence-corrected chi connectivity index (χ2v) is 11.1. The lowest BCUT2D eigenvalue weighted by molar-refractivity contribution is 0.122. The van der Waals surface area contributed by atoms with Crippen LogP contribution < -0.4 is 10.2 Å². The molecular formula is C30H41F2N7O2. The number of halogens is 2. The van der Waals surface area contributed by atoms with Crippen LogP contribution in [0.5, 0.6) is 0 Å². The fourth-order valence-corrected chi connectivity index (χ4v) is 5.99. The van der Waals surface area contributed by atoms with Crippen molar-refractivity contribution < 1.29 is 18.6 Å². The van der Waals surface area contributed by atoms with Crippen molar-refractivity contribution in [2.45, 2.75) is 58.4 Å². The molecule has 2 aromatic heterocycles. The molecule has 0 radical (unpaired) electrons. The molecule has 41 heavy (non-hydrogen) atoms. The van der Waals surface area contributed by atoms with Crippen molar-refractivity contribution in [3.8, 4) is 5.82 Å². The van der Waals surface area contributed by atoms with Gasteiger partial charge in [-0.2, -0.15) is 9.97 Å². The number of anilines is 2. The first kappa shape index (κ1) is 29.2. The molecule has 1 saturated carbocycles. The van der Waals surface area contributed by atoms with Gasteiger partial charge in [0.15, 0.2) is 5.82 Å². The van der Waals surface area contributed by atoms with E-state index in [0.717, 1.165) is 50.8 Å². The summed E-state index contributed by atoms with van der Waals surface area (Å²) in [7, 11) is 0. The Labute approximate surface area is 240 Å². The predicted molar refractivity (Wildman–Crippen MR) is 157 cm³/mol. The molecule has 2 aliphatic rings. The third-order valence-electron chi connectivity index (χ3n) is 8.11. The van der Waals surface area contributed by atoms with Gasteiger partial charge >= 0.3 is 0 Å². The molecule has 1 aromatic carbocycles. The van der Waals surface area contributed by atoms with Crippen LogP contribution in [0.1, 0.15) is 58.2 Å². The SMILES string of the molecule is CCCN(C/C(C)=C/O)[C@H]1CC[C@H](CNc2nc(N3CCOCC3)cc(-n3c(C(F)F)nc4ccccc43)n2)CC1. The highest BCUT2D eigenvalue weighted by Crippen LogP contribution is 2.31. The molecule has 222 valence electrons. The van der Waals surface area contributed by atoms with Crippen molar-refractivity contribution in [3.05, 3.63) is 48.0 Å². The summed E-state index contributed by atoms with van der Waals surface area (Å²) in [6.45, 7) is 9.21. The Morgan fingerprint density at radius 3 is 2.56 bits per heavy atom. The van der Waals surface area contributed by atoms with Crippen LogP contribution in [0.25, 0.3) is 16.9 Å². The number of imidazole rings is 1. The van der Waals surface area contributed by atoms with E-state index in [9.17, 15) is 13.9 Å². The maximum atomic E-state index is 14.1. The molecule has 5 rings (SSSR count). The Kier molecular flexibility index (Phi) is 9.66. The number of rotatable bonds is 11. The normalized spacial score (nSPS) is 20.3. The third kappa shape index (κ3) is 6.95. The van der Waals surface area contributed by atoms with Crippen LogP contribution in [0, 0.1) is 5.92 Å². The number of hydrogen-bond acceptors (Lipinski definition) is 8. The van der Waals surface area contributed by atoms with Crippen LogP contribution in [0.4, 0.5) is 20.5 Å². The number of alkyl halides is 2. The van der Waals surface area contributed by atoms with Crippen molar-refractivity contribution in [1.82, 2.24) is 24.4 Å². The van der Waals surface area contributed by atoms with E-state index in [2.05, 4.69) is 27.0 Å². The molecule has 1 aliphatic heterocycles. The monoisotopic (exact) mass is 569 g/mol. The average Bonchev–Trinajstić information content (AvgIpc) is 3.40. The highest BCUT2D eigenvalue weighted by Gasteiger charge is 2.27. The number of para-hydroxylation sites is 2. The number of aliphatic hydroxyl groups is 1. The fraction of sp³-hybridized carbons (Fsp3) is 0.567. The van der Waals surface area contributed by atoms with E-state index in [0.29, 0.717) is 73.4 Å². The van der Waals surface area contributed by atoms with Gasteiger partial charge in [-0.3, -0.25) is 9.47 Å². The van der Waals surface area contributed by atoms with Gasteiger partial charge in [0, 0.05) is 38.3 Å². The van der Waals surface area contributed by atoms with Crippen molar-refractivity contribution in [2.24, 2.45) is 5.92 Å². The number of benzene rings is 1. The molecule has 2 N–H and O–H groups in total. The van der Waals surface area contributed by atoms with Crippen molar-refractivity contribution >= 4 is 22.8 Å². The average molecular weight is 570 g/mol. The molecule has 0 unspecified atom stereocenters. The molecule has 1 saturated heterocycles. The fourth-order valence-electron chi connectivity index (χ4n) is 5.99. The summed E-state index contributed by atoms with van der Waals surface area (Å²) in [6.07, 6.45) is 3.91. The van der Waals surface area contributed by atoms with Gasteiger partial charge in [0.2, 0.25) is 5.95 Å². The van der Waals surface area contributed by atoms with Crippen LogP contribution in [0.15, 0.2) is 42.2 Å². The lowest BCUT2D eigenvalue weighted by Crippen LogP contribution is -2.40. The summed E-state index contributed by atoms with van der Waals surface area (Å²) < 4.78 is 35.2. The standard InChI is InChI=1S/C30H41F2N7O2/c1-3-12-38(19-21(2)20-40)23-10-8-22(9-11-23)18-33-30-35-26(37-13-15-41-16-14-37)17-27(36-30)39-25-7-5-4-6-24(25)34-29(39)28(31)32/h4-7,17,20,22-23,28,40H,3,8-16,18-19H2,1-2H3,(H,33,35,36)/b21-20+/t22-,23-. The van der Waals surface area contributed by atoms with Gasteiger partial charge in [-0.05, 0) is 69.2 Å². The minimum atomic E-state index is -2.75. The molecule has 0 bridgehead atoms. The van der Waals surface area contributed by atoms with Crippen LogP contribution in [-0.4, -0.2) is 81.5 Å². The molecule has 9 nitrogen and oxygen atoms in total. The largest absolute Gasteiger partial charge is 0.516 e. The Bertz CT molecular complexity index is 1320. The number of hydrogen-bond donors (Lipinski definition) is 2. The summed E-state index contributed by atoms with van der Waals surface area (Å²) in [6, 6.07) is 9.42. The second kappa shape index (κ2) is 13.6. The zero-order valence-electron chi connectivity index (χ0n) is 24.0.